The van der Waals surface area contributed by atoms with Crippen molar-refractivity contribution in [2.75, 3.05) is 43.1 Å². The van der Waals surface area contributed by atoms with E-state index in [0.717, 1.165) is 6.07 Å². The Morgan fingerprint density at radius 2 is 2.07 bits per heavy atom. The van der Waals surface area contributed by atoms with Gasteiger partial charge in [0.05, 0.1) is 18.9 Å². The first-order valence-corrected chi connectivity index (χ1v) is 8.62. The van der Waals surface area contributed by atoms with Crippen molar-refractivity contribution in [3.63, 3.8) is 0 Å². The first kappa shape index (κ1) is 19.1. The van der Waals surface area contributed by atoms with Crippen LogP contribution in [0.15, 0.2) is 36.5 Å². The number of pyridine rings is 1. The fourth-order valence-electron chi connectivity index (χ4n) is 2.57. The van der Waals surface area contributed by atoms with Crippen molar-refractivity contribution in [2.24, 2.45) is 0 Å². The van der Waals surface area contributed by atoms with Gasteiger partial charge in [0, 0.05) is 24.3 Å². The highest BCUT2D eigenvalue weighted by molar-refractivity contribution is 6.30. The number of anilines is 2. The average Bonchev–Trinajstić information content (AvgIpc) is 2.69. The number of ether oxygens (including phenoxy) is 2. The zero-order valence-electron chi connectivity index (χ0n) is 14.3. The highest BCUT2D eigenvalue weighted by atomic mass is 35.5. The molecule has 0 saturated carbocycles. The third-order valence-electron chi connectivity index (χ3n) is 3.86. The van der Waals surface area contributed by atoms with Crippen LogP contribution in [0.5, 0.6) is 0 Å². The number of rotatable bonds is 5. The molecule has 0 unspecified atom stereocenters. The Morgan fingerprint density at radius 3 is 2.81 bits per heavy atom. The Labute approximate surface area is 160 Å². The number of hydrogen-bond donors (Lipinski definition) is 1. The number of morpholine rings is 1. The molecule has 0 radical (unpaired) electrons. The highest BCUT2D eigenvalue weighted by Gasteiger charge is 2.21. The zero-order valence-corrected chi connectivity index (χ0v) is 15.0. The lowest BCUT2D eigenvalue weighted by Gasteiger charge is -2.28. The van der Waals surface area contributed by atoms with Crippen LogP contribution in [0.4, 0.5) is 15.9 Å². The number of carbonyl (C=O) groups excluding carboxylic acids is 2. The summed E-state index contributed by atoms with van der Waals surface area (Å²) in [5.41, 5.74) is 0.209. The maximum Gasteiger partial charge on any atom is 0.342 e. The van der Waals surface area contributed by atoms with Crippen LogP contribution in [0.2, 0.25) is 5.02 Å². The lowest BCUT2D eigenvalue weighted by atomic mass is 10.2. The predicted molar refractivity (Wildman–Crippen MR) is 97.6 cm³/mol. The molecule has 2 aromatic rings. The van der Waals surface area contributed by atoms with E-state index in [0.29, 0.717) is 32.1 Å². The van der Waals surface area contributed by atoms with Crippen LogP contribution in [0.1, 0.15) is 10.4 Å². The van der Waals surface area contributed by atoms with Gasteiger partial charge in [0.2, 0.25) is 0 Å². The van der Waals surface area contributed by atoms with E-state index in [1.54, 1.807) is 18.3 Å². The van der Waals surface area contributed by atoms with Crippen molar-refractivity contribution in [2.45, 2.75) is 0 Å². The maximum absolute atomic E-state index is 13.7. The van der Waals surface area contributed by atoms with Gasteiger partial charge in [-0.1, -0.05) is 11.6 Å². The summed E-state index contributed by atoms with van der Waals surface area (Å²) in [6.07, 6.45) is 1.58. The van der Waals surface area contributed by atoms with Crippen molar-refractivity contribution in [1.29, 1.82) is 0 Å². The van der Waals surface area contributed by atoms with Crippen LogP contribution < -0.4 is 10.2 Å². The second-order valence-electron chi connectivity index (χ2n) is 5.72. The number of aromatic nitrogens is 1. The van der Waals surface area contributed by atoms with Gasteiger partial charge in [-0.2, -0.15) is 0 Å². The quantitative estimate of drug-likeness (QED) is 0.786. The molecule has 142 valence electrons. The van der Waals surface area contributed by atoms with Crippen LogP contribution in [0.3, 0.4) is 0 Å². The van der Waals surface area contributed by atoms with Gasteiger partial charge in [-0.15, -0.1) is 0 Å². The van der Waals surface area contributed by atoms with E-state index in [9.17, 15) is 14.0 Å². The zero-order chi connectivity index (χ0) is 19.2. The van der Waals surface area contributed by atoms with Crippen molar-refractivity contribution >= 4 is 35.0 Å². The van der Waals surface area contributed by atoms with E-state index in [4.69, 9.17) is 21.1 Å². The van der Waals surface area contributed by atoms with Crippen molar-refractivity contribution in [3.8, 4) is 0 Å². The second-order valence-corrected chi connectivity index (χ2v) is 6.16. The number of amides is 1. The van der Waals surface area contributed by atoms with Crippen molar-refractivity contribution in [3.05, 3.63) is 52.9 Å². The molecule has 2 heterocycles. The Balaban J connectivity index is 1.61. The molecular formula is C18H17ClFN3O4. The molecule has 3 rings (SSSR count). The summed E-state index contributed by atoms with van der Waals surface area (Å²) in [4.78, 5) is 30.5. The molecule has 1 aromatic heterocycles. The predicted octanol–water partition coefficient (Wildman–Crippen LogP) is 2.51. The third kappa shape index (κ3) is 4.93. The number of carbonyl (C=O) groups is 2. The summed E-state index contributed by atoms with van der Waals surface area (Å²) in [7, 11) is 0. The van der Waals surface area contributed by atoms with Gasteiger partial charge < -0.3 is 19.7 Å². The monoisotopic (exact) mass is 393 g/mol. The number of nitrogens with one attached hydrogen (secondary N) is 1. The van der Waals surface area contributed by atoms with E-state index in [1.165, 1.54) is 12.1 Å². The molecule has 0 spiro atoms. The van der Waals surface area contributed by atoms with Crippen LogP contribution in [0, 0.1) is 5.82 Å². The fourth-order valence-corrected chi connectivity index (χ4v) is 2.73. The normalized spacial score (nSPS) is 13.9. The van der Waals surface area contributed by atoms with E-state index >= 15 is 0 Å². The molecule has 9 heteroatoms. The number of hydrogen-bond acceptors (Lipinski definition) is 6. The van der Waals surface area contributed by atoms with Gasteiger partial charge in [-0.05, 0) is 30.3 Å². The van der Waals surface area contributed by atoms with E-state index in [-0.39, 0.29) is 16.3 Å². The summed E-state index contributed by atoms with van der Waals surface area (Å²) in [5, 5.41) is 2.54. The van der Waals surface area contributed by atoms with Gasteiger partial charge in [0.1, 0.15) is 17.2 Å². The van der Waals surface area contributed by atoms with Gasteiger partial charge in [0.15, 0.2) is 6.61 Å². The van der Waals surface area contributed by atoms with Crippen LogP contribution in [-0.2, 0) is 14.3 Å². The molecule has 1 fully saturated rings. The minimum atomic E-state index is -0.684. The second kappa shape index (κ2) is 8.79. The van der Waals surface area contributed by atoms with Gasteiger partial charge in [-0.3, -0.25) is 4.79 Å². The number of benzene rings is 1. The van der Waals surface area contributed by atoms with E-state index < -0.39 is 24.3 Å². The van der Waals surface area contributed by atoms with Gasteiger partial charge in [0.25, 0.3) is 5.91 Å². The number of nitrogens with zero attached hydrogens (tertiary/aromatic N) is 2. The fraction of sp³-hybridized carbons (Fsp3) is 0.278. The van der Waals surface area contributed by atoms with Gasteiger partial charge >= 0.3 is 5.97 Å². The summed E-state index contributed by atoms with van der Waals surface area (Å²) in [6.45, 7) is 1.74. The molecule has 0 atom stereocenters. The molecule has 7 nitrogen and oxygen atoms in total. The lowest BCUT2D eigenvalue weighted by molar-refractivity contribution is -0.119. The topological polar surface area (TPSA) is 80.8 Å². The maximum atomic E-state index is 13.7. The summed E-state index contributed by atoms with van der Waals surface area (Å²) >= 11 is 5.66. The Hall–Kier alpha value is -2.71. The summed E-state index contributed by atoms with van der Waals surface area (Å²) in [6, 6.07) is 7.04. The van der Waals surface area contributed by atoms with Crippen molar-refractivity contribution in [1.82, 2.24) is 4.98 Å². The number of halogens is 2. The average molecular weight is 394 g/mol. The molecule has 1 saturated heterocycles. The Morgan fingerprint density at radius 1 is 1.30 bits per heavy atom. The van der Waals surface area contributed by atoms with Gasteiger partial charge in [-0.25, -0.2) is 14.2 Å². The highest BCUT2D eigenvalue weighted by Crippen LogP contribution is 2.20. The molecule has 1 N–H and O–H groups in total. The lowest BCUT2D eigenvalue weighted by Crippen LogP contribution is -2.37. The summed E-state index contributed by atoms with van der Waals surface area (Å²) in [5.74, 6) is -1.54. The molecular weight excluding hydrogens is 377 g/mol. The molecule has 0 aliphatic carbocycles. The Bertz CT molecular complexity index is 843. The molecule has 1 aromatic carbocycles. The Kier molecular flexibility index (Phi) is 6.20. The van der Waals surface area contributed by atoms with Crippen LogP contribution in [-0.4, -0.2) is 49.8 Å². The SMILES string of the molecule is O=C(COC(=O)c1cccnc1N1CCOCC1)Nc1ccc(Cl)cc1F. The molecule has 1 amide bonds. The molecule has 0 bridgehead atoms. The smallest absolute Gasteiger partial charge is 0.342 e. The van der Waals surface area contributed by atoms with E-state index in [1.807, 2.05) is 4.90 Å². The van der Waals surface area contributed by atoms with E-state index in [2.05, 4.69) is 10.3 Å². The van der Waals surface area contributed by atoms with Crippen LogP contribution in [0.25, 0.3) is 0 Å². The first-order chi connectivity index (χ1) is 13.0. The largest absolute Gasteiger partial charge is 0.452 e. The van der Waals surface area contributed by atoms with Crippen molar-refractivity contribution < 1.29 is 23.5 Å². The third-order valence-corrected chi connectivity index (χ3v) is 4.09. The number of esters is 1. The van der Waals surface area contributed by atoms with Crippen LogP contribution >= 0.6 is 11.6 Å². The minimum Gasteiger partial charge on any atom is -0.452 e. The standard InChI is InChI=1S/C18H17ClFN3O4/c19-12-3-4-15(14(20)10-12)22-16(24)11-27-18(25)13-2-1-5-21-17(13)23-6-8-26-9-7-23/h1-5,10H,6-9,11H2,(H,22,24). The molecule has 1 aliphatic heterocycles. The minimum absolute atomic E-state index is 0.0455. The first-order valence-electron chi connectivity index (χ1n) is 8.24. The molecule has 1 aliphatic rings. The summed E-state index contributed by atoms with van der Waals surface area (Å²) < 4.78 is 24.1. The molecule has 27 heavy (non-hydrogen) atoms.